The van der Waals surface area contributed by atoms with Crippen LogP contribution in [0.15, 0.2) is 48.5 Å². The number of aryl methyl sites for hydroxylation is 2. The highest BCUT2D eigenvalue weighted by Gasteiger charge is 2.23. The van der Waals surface area contributed by atoms with Crippen LogP contribution in [-0.4, -0.2) is 55.2 Å². The molecule has 1 saturated heterocycles. The van der Waals surface area contributed by atoms with Crippen LogP contribution >= 0.6 is 0 Å². The predicted octanol–water partition coefficient (Wildman–Crippen LogP) is 1.88. The number of Topliss-reactive ketones (excluding diaryl/α,β-unsaturated/α-hetero) is 1. The van der Waals surface area contributed by atoms with Gasteiger partial charge >= 0.3 is 0 Å². The monoisotopic (exact) mass is 393 g/mol. The van der Waals surface area contributed by atoms with Gasteiger partial charge in [0, 0.05) is 38.3 Å². The molecule has 29 heavy (non-hydrogen) atoms. The Hall–Kier alpha value is -3.15. The summed E-state index contributed by atoms with van der Waals surface area (Å²) in [5, 5.41) is 2.48. The van der Waals surface area contributed by atoms with E-state index in [0.717, 1.165) is 29.9 Å². The largest absolute Gasteiger partial charge is 0.368 e. The quantitative estimate of drug-likeness (QED) is 0.761. The molecule has 0 aromatic heterocycles. The minimum atomic E-state index is -0.708. The zero-order chi connectivity index (χ0) is 20.8. The molecule has 2 amide bonds. The van der Waals surface area contributed by atoms with Gasteiger partial charge in [-0.15, -0.1) is 0 Å². The van der Waals surface area contributed by atoms with Gasteiger partial charge in [0.2, 0.25) is 11.7 Å². The smallest absolute Gasteiger partial charge is 0.288 e. The van der Waals surface area contributed by atoms with Crippen molar-refractivity contribution in [2.24, 2.45) is 0 Å². The van der Waals surface area contributed by atoms with E-state index in [9.17, 15) is 14.4 Å². The van der Waals surface area contributed by atoms with Crippen molar-refractivity contribution in [2.75, 3.05) is 37.6 Å². The lowest BCUT2D eigenvalue weighted by atomic mass is 10.0. The van der Waals surface area contributed by atoms with Crippen LogP contribution in [0.25, 0.3) is 0 Å². The number of anilines is 1. The molecule has 3 rings (SSSR count). The number of rotatable bonds is 6. The fraction of sp³-hybridized carbons (Fsp3) is 0.348. The van der Waals surface area contributed by atoms with Crippen molar-refractivity contribution in [2.45, 2.75) is 20.3 Å². The molecule has 1 aliphatic rings. The molecule has 2 aromatic rings. The summed E-state index contributed by atoms with van der Waals surface area (Å²) in [6, 6.07) is 15.8. The van der Waals surface area contributed by atoms with Crippen molar-refractivity contribution < 1.29 is 14.4 Å². The van der Waals surface area contributed by atoms with Gasteiger partial charge in [0.1, 0.15) is 0 Å². The standard InChI is InChI=1S/C23H27N3O3/c1-17-6-5-9-20(14-17)25-10-12-26(13-11-25)22(28)16-24-23(29)21(27)15-19-8-4-3-7-18(19)2/h3-9,14H,10-13,15-16H2,1-2H3,(H,24,29). The molecule has 1 heterocycles. The average molecular weight is 393 g/mol. The van der Waals surface area contributed by atoms with Crippen molar-refractivity contribution in [1.29, 1.82) is 0 Å². The second kappa shape index (κ2) is 9.37. The SMILES string of the molecule is Cc1cccc(N2CCN(C(=O)CNC(=O)C(=O)Cc3ccccc3C)CC2)c1. The van der Waals surface area contributed by atoms with E-state index in [1.807, 2.05) is 37.3 Å². The van der Waals surface area contributed by atoms with Crippen LogP contribution in [0.2, 0.25) is 0 Å². The Kier molecular flexibility index (Phi) is 6.65. The van der Waals surface area contributed by atoms with E-state index in [2.05, 4.69) is 35.3 Å². The van der Waals surface area contributed by atoms with Crippen LogP contribution in [-0.2, 0) is 20.8 Å². The molecular formula is C23H27N3O3. The third kappa shape index (κ3) is 5.44. The summed E-state index contributed by atoms with van der Waals surface area (Å²) in [5.41, 5.74) is 4.16. The molecule has 0 bridgehead atoms. The summed E-state index contributed by atoms with van der Waals surface area (Å²) >= 11 is 0. The lowest BCUT2D eigenvalue weighted by molar-refractivity contribution is -0.139. The Morgan fingerprint density at radius 3 is 2.34 bits per heavy atom. The van der Waals surface area contributed by atoms with Gasteiger partial charge in [-0.25, -0.2) is 0 Å². The summed E-state index contributed by atoms with van der Waals surface area (Å²) in [6.07, 6.45) is 0.0435. The van der Waals surface area contributed by atoms with Crippen LogP contribution in [0.4, 0.5) is 5.69 Å². The maximum absolute atomic E-state index is 12.4. The van der Waals surface area contributed by atoms with Crippen molar-refractivity contribution in [3.05, 3.63) is 65.2 Å². The van der Waals surface area contributed by atoms with E-state index in [1.54, 1.807) is 4.90 Å². The molecule has 0 saturated carbocycles. The average Bonchev–Trinajstić information content (AvgIpc) is 2.73. The second-order valence-corrected chi connectivity index (χ2v) is 7.42. The van der Waals surface area contributed by atoms with Crippen LogP contribution < -0.4 is 10.2 Å². The molecule has 1 N–H and O–H groups in total. The third-order valence-electron chi connectivity index (χ3n) is 5.26. The van der Waals surface area contributed by atoms with E-state index < -0.39 is 11.7 Å². The van der Waals surface area contributed by atoms with Gasteiger partial charge in [0.15, 0.2) is 0 Å². The summed E-state index contributed by atoms with van der Waals surface area (Å²) in [4.78, 5) is 40.6. The predicted molar refractivity (Wildman–Crippen MR) is 113 cm³/mol. The molecular weight excluding hydrogens is 366 g/mol. The first kappa shape index (κ1) is 20.6. The molecule has 1 fully saturated rings. The van der Waals surface area contributed by atoms with Gasteiger partial charge in [0.05, 0.1) is 6.54 Å². The maximum Gasteiger partial charge on any atom is 0.288 e. The number of carbonyl (C=O) groups is 3. The van der Waals surface area contributed by atoms with E-state index in [0.29, 0.717) is 13.1 Å². The first-order valence-corrected chi connectivity index (χ1v) is 9.89. The van der Waals surface area contributed by atoms with Crippen molar-refractivity contribution in [1.82, 2.24) is 10.2 Å². The number of amides is 2. The summed E-state index contributed by atoms with van der Waals surface area (Å²) < 4.78 is 0. The van der Waals surface area contributed by atoms with Gasteiger partial charge < -0.3 is 15.1 Å². The number of nitrogens with zero attached hydrogens (tertiary/aromatic N) is 2. The van der Waals surface area contributed by atoms with Crippen LogP contribution in [0.3, 0.4) is 0 Å². The Morgan fingerprint density at radius 2 is 1.66 bits per heavy atom. The highest BCUT2D eigenvalue weighted by molar-refractivity contribution is 6.36. The second-order valence-electron chi connectivity index (χ2n) is 7.42. The fourth-order valence-electron chi connectivity index (χ4n) is 3.47. The zero-order valence-electron chi connectivity index (χ0n) is 17.0. The minimum absolute atomic E-state index is 0.0435. The summed E-state index contributed by atoms with van der Waals surface area (Å²) in [7, 11) is 0. The summed E-state index contributed by atoms with van der Waals surface area (Å²) in [6.45, 7) is 6.50. The fourth-order valence-corrected chi connectivity index (χ4v) is 3.47. The zero-order valence-corrected chi connectivity index (χ0v) is 17.0. The van der Waals surface area contributed by atoms with Gasteiger partial charge in [-0.3, -0.25) is 14.4 Å². The van der Waals surface area contributed by atoms with Crippen molar-refractivity contribution >= 4 is 23.3 Å². The van der Waals surface area contributed by atoms with E-state index in [-0.39, 0.29) is 18.9 Å². The Balaban J connectivity index is 1.44. The van der Waals surface area contributed by atoms with Crippen LogP contribution in [0.5, 0.6) is 0 Å². The van der Waals surface area contributed by atoms with Crippen molar-refractivity contribution in [3.8, 4) is 0 Å². The lowest BCUT2D eigenvalue weighted by Crippen LogP contribution is -2.51. The Labute approximate surface area is 171 Å². The number of benzene rings is 2. The van der Waals surface area contributed by atoms with Gasteiger partial charge in [-0.05, 0) is 42.7 Å². The number of piperazine rings is 1. The normalized spacial score (nSPS) is 13.9. The van der Waals surface area contributed by atoms with Crippen LogP contribution in [0, 0.1) is 13.8 Å². The molecule has 1 aliphatic heterocycles. The number of carbonyl (C=O) groups excluding carboxylic acids is 3. The van der Waals surface area contributed by atoms with Gasteiger partial charge in [-0.1, -0.05) is 36.4 Å². The van der Waals surface area contributed by atoms with E-state index in [4.69, 9.17) is 0 Å². The first-order valence-electron chi connectivity index (χ1n) is 9.89. The number of ketones is 1. The first-order chi connectivity index (χ1) is 13.9. The molecule has 0 spiro atoms. The van der Waals surface area contributed by atoms with E-state index >= 15 is 0 Å². The lowest BCUT2D eigenvalue weighted by Gasteiger charge is -2.36. The number of hydrogen-bond acceptors (Lipinski definition) is 4. The van der Waals surface area contributed by atoms with Gasteiger partial charge in [0.25, 0.3) is 5.91 Å². The topological polar surface area (TPSA) is 69.7 Å². The molecule has 0 radical (unpaired) electrons. The molecule has 2 aromatic carbocycles. The molecule has 6 nitrogen and oxygen atoms in total. The minimum Gasteiger partial charge on any atom is -0.368 e. The molecule has 0 atom stereocenters. The third-order valence-corrected chi connectivity index (χ3v) is 5.26. The molecule has 0 unspecified atom stereocenters. The highest BCUT2D eigenvalue weighted by atomic mass is 16.2. The number of nitrogens with one attached hydrogen (secondary N) is 1. The Bertz CT molecular complexity index is 902. The highest BCUT2D eigenvalue weighted by Crippen LogP contribution is 2.17. The van der Waals surface area contributed by atoms with Crippen LogP contribution in [0.1, 0.15) is 16.7 Å². The van der Waals surface area contributed by atoms with Crippen molar-refractivity contribution in [3.63, 3.8) is 0 Å². The number of hydrogen-bond donors (Lipinski definition) is 1. The molecule has 0 aliphatic carbocycles. The summed E-state index contributed by atoms with van der Waals surface area (Å²) in [5.74, 6) is -1.40. The van der Waals surface area contributed by atoms with Gasteiger partial charge in [-0.2, -0.15) is 0 Å². The Morgan fingerprint density at radius 1 is 0.931 bits per heavy atom. The maximum atomic E-state index is 12.4. The molecule has 6 heteroatoms. The molecule has 152 valence electrons. The van der Waals surface area contributed by atoms with E-state index in [1.165, 1.54) is 5.56 Å².